The number of aliphatic hydroxyl groups is 1. The van der Waals surface area contributed by atoms with Crippen molar-refractivity contribution < 1.29 is 42.4 Å². The predicted molar refractivity (Wildman–Crippen MR) is 51.0 cm³/mol. The highest BCUT2D eigenvalue weighted by atomic mass is 35.5. The Balaban J connectivity index is 0.000000711. The molecule has 114 valence electrons. The number of hydrogen-bond donors (Lipinski definition) is 2. The fourth-order valence-corrected chi connectivity index (χ4v) is 1.54. The summed E-state index contributed by atoms with van der Waals surface area (Å²) >= 11 is 8.95. The SMILES string of the molecule is O=[N+]([O-])O.OCC1COC(C(F)(F)Cl)(C(F)(F)Cl)O1. The second-order valence-corrected chi connectivity index (χ2v) is 4.03. The molecule has 1 rings (SSSR count). The van der Waals surface area contributed by atoms with E-state index in [9.17, 15) is 17.6 Å². The first-order valence-electron chi connectivity index (χ1n) is 4.26. The number of hydrogen-bond acceptors (Lipinski definition) is 5. The fourth-order valence-electron chi connectivity index (χ4n) is 1.06. The van der Waals surface area contributed by atoms with Crippen LogP contribution in [0.5, 0.6) is 0 Å². The van der Waals surface area contributed by atoms with Crippen LogP contribution in [0.4, 0.5) is 17.6 Å². The molecule has 0 saturated carbocycles. The van der Waals surface area contributed by atoms with Gasteiger partial charge in [0.2, 0.25) is 0 Å². The summed E-state index contributed by atoms with van der Waals surface area (Å²) in [5.41, 5.74) is 0. The minimum absolute atomic E-state index is 0.652. The first kappa shape index (κ1) is 18.4. The topological polar surface area (TPSA) is 102 Å². The van der Waals surface area contributed by atoms with Crippen molar-refractivity contribution in [2.24, 2.45) is 0 Å². The van der Waals surface area contributed by atoms with Gasteiger partial charge < -0.3 is 19.8 Å². The molecule has 0 aromatic rings. The van der Waals surface area contributed by atoms with Crippen molar-refractivity contribution in [1.82, 2.24) is 0 Å². The molecule has 1 aliphatic heterocycles. The minimum Gasteiger partial charge on any atom is -0.394 e. The summed E-state index contributed by atoms with van der Waals surface area (Å²) in [6.45, 7) is -1.41. The molecule has 1 unspecified atom stereocenters. The molecule has 0 aromatic heterocycles. The highest BCUT2D eigenvalue weighted by Gasteiger charge is 2.73. The quantitative estimate of drug-likeness (QED) is 0.350. The highest BCUT2D eigenvalue weighted by molar-refractivity contribution is 6.26. The molecule has 13 heteroatoms. The summed E-state index contributed by atoms with van der Waals surface area (Å²) in [6.07, 6.45) is -1.32. The van der Waals surface area contributed by atoms with Gasteiger partial charge in [0.05, 0.1) is 13.2 Å². The average Bonchev–Trinajstić information content (AvgIpc) is 2.59. The molecule has 0 aliphatic carbocycles. The second-order valence-electron chi connectivity index (χ2n) is 3.08. The first-order chi connectivity index (χ1) is 8.37. The zero-order chi connectivity index (χ0) is 15.5. The van der Waals surface area contributed by atoms with Crippen LogP contribution < -0.4 is 0 Å². The number of halogens is 6. The molecular weight excluding hydrogens is 329 g/mol. The van der Waals surface area contributed by atoms with Gasteiger partial charge in [-0.05, 0) is 23.2 Å². The summed E-state index contributed by atoms with van der Waals surface area (Å²) in [5.74, 6) is -3.75. The Hall–Kier alpha value is -0.620. The molecule has 19 heavy (non-hydrogen) atoms. The maximum Gasteiger partial charge on any atom is 0.382 e. The van der Waals surface area contributed by atoms with Crippen LogP contribution in [0.25, 0.3) is 0 Å². The number of aliphatic hydroxyl groups excluding tert-OH is 1. The summed E-state index contributed by atoms with van der Waals surface area (Å²) in [4.78, 5) is 8.36. The van der Waals surface area contributed by atoms with Gasteiger partial charge in [-0.15, -0.1) is 10.1 Å². The lowest BCUT2D eigenvalue weighted by Gasteiger charge is -2.34. The third-order valence-corrected chi connectivity index (χ3v) is 2.25. The van der Waals surface area contributed by atoms with Crippen LogP contribution in [0, 0.1) is 10.1 Å². The Labute approximate surface area is 112 Å². The Kier molecular flexibility index (Phi) is 6.02. The predicted octanol–water partition coefficient (Wildman–Crippen LogP) is 1.41. The van der Waals surface area contributed by atoms with Gasteiger partial charge in [-0.3, -0.25) is 0 Å². The van der Waals surface area contributed by atoms with Crippen molar-refractivity contribution in [3.05, 3.63) is 10.1 Å². The van der Waals surface area contributed by atoms with Crippen molar-refractivity contribution in [1.29, 1.82) is 0 Å². The third kappa shape index (κ3) is 4.45. The van der Waals surface area contributed by atoms with Crippen molar-refractivity contribution in [3.63, 3.8) is 0 Å². The van der Waals surface area contributed by atoms with E-state index in [1.807, 2.05) is 0 Å². The fraction of sp³-hybridized carbons (Fsp3) is 1.00. The maximum atomic E-state index is 12.8. The van der Waals surface area contributed by atoms with E-state index in [2.05, 4.69) is 32.7 Å². The van der Waals surface area contributed by atoms with E-state index >= 15 is 0 Å². The Morgan fingerprint density at radius 2 is 1.74 bits per heavy atom. The number of alkyl halides is 6. The van der Waals surface area contributed by atoms with Gasteiger partial charge in [0.15, 0.2) is 0 Å². The summed E-state index contributed by atoms with van der Waals surface area (Å²) in [6, 6.07) is 0. The van der Waals surface area contributed by atoms with Crippen molar-refractivity contribution >= 4 is 23.2 Å². The summed E-state index contributed by atoms with van der Waals surface area (Å²) < 4.78 is 59.3. The van der Waals surface area contributed by atoms with Gasteiger partial charge >= 0.3 is 16.6 Å². The van der Waals surface area contributed by atoms with Gasteiger partial charge in [0.25, 0.3) is 5.09 Å². The van der Waals surface area contributed by atoms with E-state index in [4.69, 9.17) is 20.4 Å². The summed E-state index contributed by atoms with van der Waals surface area (Å²) in [5, 5.41) is 13.1. The van der Waals surface area contributed by atoms with Crippen LogP contribution in [0.1, 0.15) is 0 Å². The molecule has 2 N–H and O–H groups in total. The molecule has 1 heterocycles. The van der Waals surface area contributed by atoms with Crippen LogP contribution in [0.3, 0.4) is 0 Å². The lowest BCUT2D eigenvalue weighted by molar-refractivity contribution is -0.742. The highest BCUT2D eigenvalue weighted by Crippen LogP contribution is 2.52. The Bertz CT molecular complexity index is 304. The molecule has 0 spiro atoms. The van der Waals surface area contributed by atoms with Crippen molar-refractivity contribution in [2.45, 2.75) is 22.7 Å². The Morgan fingerprint density at radius 1 is 1.37 bits per heavy atom. The van der Waals surface area contributed by atoms with E-state index in [0.717, 1.165) is 0 Å². The van der Waals surface area contributed by atoms with Crippen LogP contribution >= 0.6 is 23.2 Å². The van der Waals surface area contributed by atoms with E-state index in [1.54, 1.807) is 0 Å². The molecular formula is C6H7Cl2F4NO6. The van der Waals surface area contributed by atoms with E-state index in [0.29, 0.717) is 0 Å². The normalized spacial score (nSPS) is 22.6. The maximum absolute atomic E-state index is 12.8. The zero-order valence-corrected chi connectivity index (χ0v) is 10.2. The lowest BCUT2D eigenvalue weighted by Crippen LogP contribution is -2.57. The monoisotopic (exact) mass is 335 g/mol. The molecule has 7 nitrogen and oxygen atoms in total. The van der Waals surface area contributed by atoms with Gasteiger partial charge in [-0.25, -0.2) is 0 Å². The minimum atomic E-state index is -4.53. The van der Waals surface area contributed by atoms with Gasteiger partial charge in [-0.2, -0.15) is 17.6 Å². The molecule has 0 bridgehead atoms. The van der Waals surface area contributed by atoms with Crippen LogP contribution in [-0.2, 0) is 9.47 Å². The van der Waals surface area contributed by atoms with E-state index in [-0.39, 0.29) is 0 Å². The second kappa shape index (κ2) is 6.22. The number of nitrogens with zero attached hydrogens (tertiary/aromatic N) is 1. The van der Waals surface area contributed by atoms with E-state index in [1.165, 1.54) is 0 Å². The third-order valence-electron chi connectivity index (χ3n) is 1.76. The van der Waals surface area contributed by atoms with Gasteiger partial charge in [-0.1, -0.05) is 0 Å². The zero-order valence-electron chi connectivity index (χ0n) is 8.73. The molecule has 1 fully saturated rings. The molecule has 1 atom stereocenters. The summed E-state index contributed by atoms with van der Waals surface area (Å²) in [7, 11) is 0. The van der Waals surface area contributed by atoms with Crippen LogP contribution in [0.15, 0.2) is 0 Å². The molecule has 0 radical (unpaired) electrons. The number of rotatable bonds is 3. The van der Waals surface area contributed by atoms with Crippen molar-refractivity contribution in [3.8, 4) is 0 Å². The van der Waals surface area contributed by atoms with Crippen LogP contribution in [-0.4, -0.2) is 51.3 Å². The standard InChI is InChI=1S/C6H6Cl2F4O3.HNO3/c7-5(9,10)4(6(8,11)12)14-2-3(1-13)15-4;2-1(3)4/h3,13H,1-2H2;(H,2,3,4). The lowest BCUT2D eigenvalue weighted by atomic mass is 10.3. The van der Waals surface area contributed by atoms with Gasteiger partial charge in [0, 0.05) is 0 Å². The molecule has 0 amide bonds. The Morgan fingerprint density at radius 3 is 1.89 bits per heavy atom. The molecule has 0 aromatic carbocycles. The smallest absolute Gasteiger partial charge is 0.382 e. The molecule has 1 saturated heterocycles. The van der Waals surface area contributed by atoms with E-state index < -0.39 is 41.0 Å². The van der Waals surface area contributed by atoms with Crippen molar-refractivity contribution in [2.75, 3.05) is 13.2 Å². The largest absolute Gasteiger partial charge is 0.394 e. The number of ether oxygens (including phenoxy) is 2. The van der Waals surface area contributed by atoms with Crippen LogP contribution in [0.2, 0.25) is 0 Å². The van der Waals surface area contributed by atoms with Gasteiger partial charge in [0.1, 0.15) is 6.10 Å². The first-order valence-corrected chi connectivity index (χ1v) is 5.02. The molecule has 1 aliphatic rings. The average molecular weight is 336 g/mol.